The first-order valence-electron chi connectivity index (χ1n) is 4.74. The SMILES string of the molecule is C=C=CC(CCCC)C(C)C=C. The van der Waals surface area contributed by atoms with Gasteiger partial charge in [-0.25, -0.2) is 0 Å². The smallest absolute Gasteiger partial charge is 0.00975 e. The van der Waals surface area contributed by atoms with Crippen molar-refractivity contribution < 1.29 is 0 Å². The first-order chi connectivity index (χ1) is 5.76. The van der Waals surface area contributed by atoms with Crippen molar-refractivity contribution >= 4 is 0 Å². The molecule has 0 aromatic rings. The Balaban J connectivity index is 4.02. The summed E-state index contributed by atoms with van der Waals surface area (Å²) in [5, 5.41) is 0. The van der Waals surface area contributed by atoms with E-state index in [4.69, 9.17) is 0 Å². The molecule has 0 heterocycles. The molecule has 0 amide bonds. The molecule has 0 heteroatoms. The topological polar surface area (TPSA) is 0 Å². The van der Waals surface area contributed by atoms with E-state index in [0.717, 1.165) is 0 Å². The van der Waals surface area contributed by atoms with Crippen LogP contribution in [0.25, 0.3) is 0 Å². The zero-order chi connectivity index (χ0) is 9.40. The Kier molecular flexibility index (Phi) is 6.51. The third-order valence-electron chi connectivity index (χ3n) is 2.27. The van der Waals surface area contributed by atoms with Crippen molar-refractivity contribution in [2.75, 3.05) is 0 Å². The van der Waals surface area contributed by atoms with Crippen LogP contribution in [-0.4, -0.2) is 0 Å². The molecule has 0 spiro atoms. The molecular formula is C12H20. The maximum absolute atomic E-state index is 3.80. The molecule has 0 aliphatic heterocycles. The molecular weight excluding hydrogens is 144 g/mol. The van der Waals surface area contributed by atoms with E-state index in [-0.39, 0.29) is 0 Å². The predicted octanol–water partition coefficient (Wildman–Crippen LogP) is 3.96. The van der Waals surface area contributed by atoms with Gasteiger partial charge in [0.15, 0.2) is 0 Å². The van der Waals surface area contributed by atoms with Gasteiger partial charge in [-0.1, -0.05) is 39.3 Å². The fraction of sp³-hybridized carbons (Fsp3) is 0.583. The predicted molar refractivity (Wildman–Crippen MR) is 56.1 cm³/mol. The van der Waals surface area contributed by atoms with E-state index >= 15 is 0 Å². The summed E-state index contributed by atoms with van der Waals surface area (Å²) in [7, 11) is 0. The van der Waals surface area contributed by atoms with Crippen LogP contribution >= 0.6 is 0 Å². The lowest BCUT2D eigenvalue weighted by Gasteiger charge is -2.15. The normalized spacial score (nSPS) is 14.5. The van der Waals surface area contributed by atoms with Crippen LogP contribution in [0, 0.1) is 11.8 Å². The lowest BCUT2D eigenvalue weighted by molar-refractivity contribution is 0.459. The van der Waals surface area contributed by atoms with Crippen molar-refractivity contribution in [3.8, 4) is 0 Å². The number of hydrogen-bond donors (Lipinski definition) is 0. The average molecular weight is 164 g/mol. The van der Waals surface area contributed by atoms with Crippen LogP contribution in [0.15, 0.2) is 31.0 Å². The molecule has 0 fully saturated rings. The number of unbranched alkanes of at least 4 members (excludes halogenated alkanes) is 1. The van der Waals surface area contributed by atoms with Gasteiger partial charge in [0, 0.05) is 0 Å². The van der Waals surface area contributed by atoms with Crippen LogP contribution in [-0.2, 0) is 0 Å². The van der Waals surface area contributed by atoms with Gasteiger partial charge in [-0.05, 0) is 24.3 Å². The molecule has 0 aromatic carbocycles. The van der Waals surface area contributed by atoms with Crippen LogP contribution in [0.2, 0.25) is 0 Å². The van der Waals surface area contributed by atoms with E-state index in [1.165, 1.54) is 19.3 Å². The van der Waals surface area contributed by atoms with Crippen molar-refractivity contribution in [1.82, 2.24) is 0 Å². The highest BCUT2D eigenvalue weighted by Gasteiger charge is 2.09. The highest BCUT2D eigenvalue weighted by Crippen LogP contribution is 2.20. The van der Waals surface area contributed by atoms with Crippen LogP contribution < -0.4 is 0 Å². The standard InChI is InChI=1S/C12H20/c1-5-8-10-12(9-6-2)11(4)7-3/h7,9,11-12H,2-3,5,8,10H2,1,4H3. The molecule has 0 N–H and O–H groups in total. The number of hydrogen-bond acceptors (Lipinski definition) is 0. The van der Waals surface area contributed by atoms with Crippen molar-refractivity contribution in [2.45, 2.75) is 33.1 Å². The van der Waals surface area contributed by atoms with Gasteiger partial charge in [0.05, 0.1) is 0 Å². The first-order valence-corrected chi connectivity index (χ1v) is 4.74. The van der Waals surface area contributed by atoms with E-state index in [0.29, 0.717) is 11.8 Å². The summed E-state index contributed by atoms with van der Waals surface area (Å²) in [5.41, 5.74) is 2.87. The van der Waals surface area contributed by atoms with Gasteiger partial charge >= 0.3 is 0 Å². The summed E-state index contributed by atoms with van der Waals surface area (Å²) in [5.74, 6) is 1.13. The molecule has 0 saturated heterocycles. The second-order valence-electron chi connectivity index (χ2n) is 3.27. The molecule has 2 unspecified atom stereocenters. The second-order valence-corrected chi connectivity index (χ2v) is 3.27. The maximum atomic E-state index is 3.80. The molecule has 0 aromatic heterocycles. The lowest BCUT2D eigenvalue weighted by Crippen LogP contribution is -2.05. The van der Waals surface area contributed by atoms with E-state index in [1.54, 1.807) is 0 Å². The molecule has 12 heavy (non-hydrogen) atoms. The minimum absolute atomic E-state index is 0.547. The van der Waals surface area contributed by atoms with Crippen LogP contribution in [0.3, 0.4) is 0 Å². The molecule has 0 saturated carbocycles. The zero-order valence-electron chi connectivity index (χ0n) is 8.34. The van der Waals surface area contributed by atoms with Gasteiger partial charge in [-0.2, -0.15) is 0 Å². The Hall–Kier alpha value is -0.740. The van der Waals surface area contributed by atoms with Gasteiger partial charge in [0.25, 0.3) is 0 Å². The molecule has 0 rings (SSSR count). The molecule has 68 valence electrons. The highest BCUT2D eigenvalue weighted by molar-refractivity contribution is 4.93. The lowest BCUT2D eigenvalue weighted by atomic mass is 9.89. The summed E-state index contributed by atoms with van der Waals surface area (Å²) in [6.07, 6.45) is 7.84. The summed E-state index contributed by atoms with van der Waals surface area (Å²) in [4.78, 5) is 0. The van der Waals surface area contributed by atoms with E-state index in [2.05, 4.69) is 38.8 Å². The maximum Gasteiger partial charge on any atom is -0.00975 e. The Morgan fingerprint density at radius 1 is 1.50 bits per heavy atom. The fourth-order valence-corrected chi connectivity index (χ4v) is 1.26. The fourth-order valence-electron chi connectivity index (χ4n) is 1.26. The van der Waals surface area contributed by atoms with Gasteiger partial charge in [-0.15, -0.1) is 12.3 Å². The van der Waals surface area contributed by atoms with Crippen LogP contribution in [0.1, 0.15) is 33.1 Å². The third kappa shape index (κ3) is 4.20. The highest BCUT2D eigenvalue weighted by atomic mass is 14.1. The molecule has 0 nitrogen and oxygen atoms in total. The van der Waals surface area contributed by atoms with E-state index in [9.17, 15) is 0 Å². The Bertz CT molecular complexity index is 161. The van der Waals surface area contributed by atoms with Crippen molar-refractivity contribution in [3.63, 3.8) is 0 Å². The minimum Gasteiger partial charge on any atom is -0.133 e. The van der Waals surface area contributed by atoms with Gasteiger partial charge in [-0.3, -0.25) is 0 Å². The van der Waals surface area contributed by atoms with Crippen molar-refractivity contribution in [2.24, 2.45) is 11.8 Å². The Labute approximate surface area is 76.7 Å². The zero-order valence-corrected chi connectivity index (χ0v) is 8.34. The van der Waals surface area contributed by atoms with E-state index < -0.39 is 0 Å². The van der Waals surface area contributed by atoms with Gasteiger partial charge in [0.1, 0.15) is 0 Å². The quantitative estimate of drug-likeness (QED) is 0.412. The largest absolute Gasteiger partial charge is 0.133 e. The Morgan fingerprint density at radius 2 is 2.17 bits per heavy atom. The number of allylic oxidation sites excluding steroid dienone is 2. The second kappa shape index (κ2) is 6.94. The summed E-state index contributed by atoms with van der Waals surface area (Å²) < 4.78 is 0. The summed E-state index contributed by atoms with van der Waals surface area (Å²) >= 11 is 0. The van der Waals surface area contributed by atoms with E-state index in [1.807, 2.05) is 6.08 Å². The molecule has 0 radical (unpaired) electrons. The van der Waals surface area contributed by atoms with Crippen molar-refractivity contribution in [1.29, 1.82) is 0 Å². The van der Waals surface area contributed by atoms with Gasteiger partial charge < -0.3 is 0 Å². The monoisotopic (exact) mass is 164 g/mol. The van der Waals surface area contributed by atoms with Crippen LogP contribution in [0.4, 0.5) is 0 Å². The third-order valence-corrected chi connectivity index (χ3v) is 2.27. The number of rotatable bonds is 6. The van der Waals surface area contributed by atoms with Crippen LogP contribution in [0.5, 0.6) is 0 Å². The van der Waals surface area contributed by atoms with Gasteiger partial charge in [0.2, 0.25) is 0 Å². The molecule has 0 aliphatic carbocycles. The Morgan fingerprint density at radius 3 is 2.58 bits per heavy atom. The minimum atomic E-state index is 0.547. The summed E-state index contributed by atoms with van der Waals surface area (Å²) in [6.45, 7) is 11.8. The summed E-state index contributed by atoms with van der Waals surface area (Å²) in [6, 6.07) is 0. The molecule has 0 bridgehead atoms. The molecule has 0 aliphatic rings. The first kappa shape index (κ1) is 11.3. The molecule has 2 atom stereocenters. The average Bonchev–Trinajstić information content (AvgIpc) is 2.11. The van der Waals surface area contributed by atoms with Crippen molar-refractivity contribution in [3.05, 3.63) is 31.0 Å².